The van der Waals surface area contributed by atoms with Gasteiger partial charge in [0.1, 0.15) is 5.60 Å². The van der Waals surface area contributed by atoms with Gasteiger partial charge in [-0.25, -0.2) is 4.79 Å². The third kappa shape index (κ3) is 4.68. The van der Waals surface area contributed by atoms with Crippen LogP contribution >= 0.6 is 0 Å². The second-order valence-corrected chi connectivity index (χ2v) is 7.82. The number of carbonyl (C=O) groups excluding carboxylic acids is 1. The van der Waals surface area contributed by atoms with Crippen LogP contribution in [-0.4, -0.2) is 30.2 Å². The molecule has 3 nitrogen and oxygen atoms in total. The Labute approximate surface area is 162 Å². The number of ether oxygens (including phenoxy) is 1. The smallest absolute Gasteiger partial charge is 0.410 e. The molecule has 1 amide bonds. The van der Waals surface area contributed by atoms with E-state index in [1.54, 1.807) is 11.9 Å². The molecule has 3 heteroatoms. The molecular formula is C24H27NO2. The Morgan fingerprint density at radius 3 is 2.00 bits per heavy atom. The van der Waals surface area contributed by atoms with Crippen molar-refractivity contribution in [2.75, 3.05) is 13.6 Å². The minimum atomic E-state index is -0.478. The zero-order valence-electron chi connectivity index (χ0n) is 16.5. The van der Waals surface area contributed by atoms with Crippen molar-refractivity contribution in [2.45, 2.75) is 32.8 Å². The Morgan fingerprint density at radius 1 is 0.963 bits per heavy atom. The SMILES string of the molecule is CN(CCC=C1c2ccccc2C=Cc2ccccc21)C(=O)OC(C)(C)C. The molecule has 0 heterocycles. The van der Waals surface area contributed by atoms with E-state index >= 15 is 0 Å². The van der Waals surface area contributed by atoms with E-state index in [2.05, 4.69) is 66.8 Å². The molecule has 2 aromatic rings. The quantitative estimate of drug-likeness (QED) is 0.585. The van der Waals surface area contributed by atoms with Crippen LogP contribution < -0.4 is 0 Å². The molecule has 0 N–H and O–H groups in total. The number of hydrogen-bond acceptors (Lipinski definition) is 2. The fraction of sp³-hybridized carbons (Fsp3) is 0.292. The van der Waals surface area contributed by atoms with E-state index < -0.39 is 5.60 Å². The van der Waals surface area contributed by atoms with Crippen LogP contribution in [0, 0.1) is 0 Å². The maximum atomic E-state index is 12.2. The highest BCUT2D eigenvalue weighted by Crippen LogP contribution is 2.33. The van der Waals surface area contributed by atoms with Gasteiger partial charge in [0.2, 0.25) is 0 Å². The highest BCUT2D eigenvalue weighted by atomic mass is 16.6. The van der Waals surface area contributed by atoms with Crippen molar-refractivity contribution in [1.29, 1.82) is 0 Å². The van der Waals surface area contributed by atoms with Gasteiger partial charge in [0.15, 0.2) is 0 Å². The van der Waals surface area contributed by atoms with Crippen molar-refractivity contribution in [1.82, 2.24) is 4.90 Å². The lowest BCUT2D eigenvalue weighted by atomic mass is 9.93. The molecule has 27 heavy (non-hydrogen) atoms. The van der Waals surface area contributed by atoms with Crippen LogP contribution in [0.3, 0.4) is 0 Å². The molecule has 1 aliphatic rings. The van der Waals surface area contributed by atoms with E-state index in [4.69, 9.17) is 4.74 Å². The molecule has 3 rings (SSSR count). The first-order valence-electron chi connectivity index (χ1n) is 9.36. The van der Waals surface area contributed by atoms with Crippen molar-refractivity contribution in [3.63, 3.8) is 0 Å². The van der Waals surface area contributed by atoms with Crippen LogP contribution in [0.1, 0.15) is 49.4 Å². The topological polar surface area (TPSA) is 29.5 Å². The Balaban J connectivity index is 1.83. The number of amides is 1. The lowest BCUT2D eigenvalue weighted by Crippen LogP contribution is -2.34. The van der Waals surface area contributed by atoms with Crippen molar-refractivity contribution in [3.05, 3.63) is 76.9 Å². The molecule has 0 aliphatic heterocycles. The molecule has 0 fully saturated rings. The number of hydrogen-bond donors (Lipinski definition) is 0. The molecule has 0 spiro atoms. The largest absolute Gasteiger partial charge is 0.444 e. The maximum absolute atomic E-state index is 12.2. The molecule has 140 valence electrons. The molecule has 0 atom stereocenters. The second kappa shape index (κ2) is 7.83. The minimum Gasteiger partial charge on any atom is -0.444 e. The van der Waals surface area contributed by atoms with Crippen LogP contribution in [0.15, 0.2) is 54.6 Å². The van der Waals surface area contributed by atoms with Crippen LogP contribution in [0.25, 0.3) is 17.7 Å². The molecule has 2 aromatic carbocycles. The van der Waals surface area contributed by atoms with Gasteiger partial charge in [-0.2, -0.15) is 0 Å². The van der Waals surface area contributed by atoms with Crippen molar-refractivity contribution in [2.24, 2.45) is 0 Å². The van der Waals surface area contributed by atoms with Gasteiger partial charge in [-0.15, -0.1) is 0 Å². The summed E-state index contributed by atoms with van der Waals surface area (Å²) in [5, 5.41) is 0. The van der Waals surface area contributed by atoms with Gasteiger partial charge in [-0.1, -0.05) is 66.8 Å². The van der Waals surface area contributed by atoms with Crippen LogP contribution in [0.5, 0.6) is 0 Å². The maximum Gasteiger partial charge on any atom is 0.410 e. The fourth-order valence-corrected chi connectivity index (χ4v) is 3.15. The third-order valence-electron chi connectivity index (χ3n) is 4.46. The highest BCUT2D eigenvalue weighted by molar-refractivity contribution is 5.93. The van der Waals surface area contributed by atoms with E-state index in [1.165, 1.54) is 27.8 Å². The van der Waals surface area contributed by atoms with Crippen molar-refractivity contribution < 1.29 is 9.53 Å². The molecular weight excluding hydrogens is 334 g/mol. The molecule has 1 aliphatic carbocycles. The number of rotatable bonds is 3. The van der Waals surface area contributed by atoms with Crippen LogP contribution in [0.4, 0.5) is 4.79 Å². The number of benzene rings is 2. The Morgan fingerprint density at radius 2 is 1.48 bits per heavy atom. The summed E-state index contributed by atoms with van der Waals surface area (Å²) in [6.45, 7) is 6.25. The lowest BCUT2D eigenvalue weighted by molar-refractivity contribution is 0.0302. The molecule has 0 bridgehead atoms. The predicted octanol–water partition coefficient (Wildman–Crippen LogP) is 5.86. The van der Waals surface area contributed by atoms with E-state index in [-0.39, 0.29) is 6.09 Å². The highest BCUT2D eigenvalue weighted by Gasteiger charge is 2.19. The Kier molecular flexibility index (Phi) is 5.50. The van der Waals surface area contributed by atoms with Gasteiger partial charge < -0.3 is 9.64 Å². The summed E-state index contributed by atoms with van der Waals surface area (Å²) in [6.07, 6.45) is 7.03. The van der Waals surface area contributed by atoms with Gasteiger partial charge in [0, 0.05) is 13.6 Å². The van der Waals surface area contributed by atoms with Crippen LogP contribution in [0.2, 0.25) is 0 Å². The van der Waals surface area contributed by atoms with E-state index in [0.717, 1.165) is 6.42 Å². The summed E-state index contributed by atoms with van der Waals surface area (Å²) < 4.78 is 5.43. The van der Waals surface area contributed by atoms with Crippen LogP contribution in [-0.2, 0) is 4.74 Å². The predicted molar refractivity (Wildman–Crippen MR) is 112 cm³/mol. The van der Waals surface area contributed by atoms with Crippen molar-refractivity contribution in [3.8, 4) is 0 Å². The standard InChI is InChI=1S/C24H27NO2/c1-24(2,3)27-23(26)25(4)17-9-14-22-20-12-7-5-10-18(20)15-16-19-11-6-8-13-21(19)22/h5-8,10-16H,9,17H2,1-4H3. The molecule has 0 saturated carbocycles. The molecule has 0 aromatic heterocycles. The number of carbonyl (C=O) groups is 1. The third-order valence-corrected chi connectivity index (χ3v) is 4.46. The zero-order chi connectivity index (χ0) is 19.4. The molecule has 0 saturated heterocycles. The van der Waals surface area contributed by atoms with Gasteiger partial charge in [0.05, 0.1) is 0 Å². The first-order chi connectivity index (χ1) is 12.8. The lowest BCUT2D eigenvalue weighted by Gasteiger charge is -2.24. The average molecular weight is 361 g/mol. The Bertz CT molecular complexity index is 836. The Hall–Kier alpha value is -2.81. The second-order valence-electron chi connectivity index (χ2n) is 7.82. The summed E-state index contributed by atoms with van der Waals surface area (Å²) in [5.41, 5.74) is 5.59. The first-order valence-corrected chi connectivity index (χ1v) is 9.36. The monoisotopic (exact) mass is 361 g/mol. The summed E-state index contributed by atoms with van der Waals surface area (Å²) >= 11 is 0. The summed E-state index contributed by atoms with van der Waals surface area (Å²) in [5.74, 6) is 0. The number of nitrogens with zero attached hydrogens (tertiary/aromatic N) is 1. The van der Waals surface area contributed by atoms with Gasteiger partial charge in [-0.3, -0.25) is 0 Å². The summed E-state index contributed by atoms with van der Waals surface area (Å²) in [4.78, 5) is 13.8. The average Bonchev–Trinajstić information content (AvgIpc) is 2.78. The fourth-order valence-electron chi connectivity index (χ4n) is 3.15. The molecule has 0 unspecified atom stereocenters. The van der Waals surface area contributed by atoms with E-state index in [0.29, 0.717) is 6.54 Å². The van der Waals surface area contributed by atoms with E-state index in [9.17, 15) is 4.79 Å². The summed E-state index contributed by atoms with van der Waals surface area (Å²) in [6, 6.07) is 16.9. The van der Waals surface area contributed by atoms with Gasteiger partial charge in [0.25, 0.3) is 0 Å². The first kappa shape index (κ1) is 19.0. The molecule has 0 radical (unpaired) electrons. The summed E-state index contributed by atoms with van der Waals surface area (Å²) in [7, 11) is 1.78. The van der Waals surface area contributed by atoms with Gasteiger partial charge >= 0.3 is 6.09 Å². The normalized spacial score (nSPS) is 12.7. The van der Waals surface area contributed by atoms with Crippen molar-refractivity contribution >= 4 is 23.8 Å². The number of fused-ring (bicyclic) bond motifs is 2. The van der Waals surface area contributed by atoms with Gasteiger partial charge in [-0.05, 0) is 55.0 Å². The zero-order valence-corrected chi connectivity index (χ0v) is 16.5. The minimum absolute atomic E-state index is 0.288. The van der Waals surface area contributed by atoms with E-state index in [1.807, 2.05) is 20.8 Å².